The minimum Gasteiger partial charge on any atom is -0.0622 e. The minimum absolute atomic E-state index is 0.690. The van der Waals surface area contributed by atoms with Gasteiger partial charge in [0.05, 0.1) is 0 Å². The average Bonchev–Trinajstić information content (AvgIpc) is 2.04. The van der Waals surface area contributed by atoms with Gasteiger partial charge in [0.25, 0.3) is 0 Å². The molecule has 2 aliphatic carbocycles. The third-order valence-electron chi connectivity index (χ3n) is 4.28. The van der Waals surface area contributed by atoms with Crippen LogP contribution in [-0.2, 0) is 0 Å². The van der Waals surface area contributed by atoms with Crippen molar-refractivity contribution >= 4 is 0 Å². The zero-order chi connectivity index (χ0) is 8.60. The zero-order valence-electron chi connectivity index (χ0n) is 8.47. The lowest BCUT2D eigenvalue weighted by atomic mass is 9.57. The summed E-state index contributed by atoms with van der Waals surface area (Å²) >= 11 is 0. The van der Waals surface area contributed by atoms with E-state index in [2.05, 4.69) is 20.3 Å². The molecule has 3 atom stereocenters. The Balaban J connectivity index is 2.12. The van der Waals surface area contributed by atoms with Crippen molar-refractivity contribution in [1.82, 2.24) is 0 Å². The van der Waals surface area contributed by atoms with Crippen LogP contribution >= 0.6 is 0 Å². The van der Waals surface area contributed by atoms with Crippen LogP contribution in [0.3, 0.4) is 0 Å². The van der Waals surface area contributed by atoms with Crippen LogP contribution in [0.1, 0.15) is 52.4 Å². The van der Waals surface area contributed by atoms with Gasteiger partial charge in [-0.05, 0) is 49.4 Å². The number of fused-ring (bicyclic) bond motifs is 1. The molecule has 0 heteroatoms. The molecule has 2 rings (SSSR count). The molecule has 3 unspecified atom stereocenters. The summed E-state index contributed by atoms with van der Waals surface area (Å²) in [5.41, 5.74) is 0.690. The fourth-order valence-corrected chi connectivity index (χ4v) is 3.52. The summed E-state index contributed by atoms with van der Waals surface area (Å²) < 4.78 is 0. The van der Waals surface area contributed by atoms with Gasteiger partial charge < -0.3 is 0 Å². The molecule has 0 amide bonds. The molecule has 0 spiro atoms. The van der Waals surface area contributed by atoms with Gasteiger partial charge >= 0.3 is 0 Å². The van der Waals surface area contributed by atoms with E-state index in [0.29, 0.717) is 5.41 Å². The Morgan fingerprint density at radius 3 is 2.92 bits per heavy atom. The summed E-state index contributed by atoms with van der Waals surface area (Å²) in [6, 6.07) is 0. The summed E-state index contributed by atoms with van der Waals surface area (Å²) in [7, 11) is 0. The van der Waals surface area contributed by atoms with Crippen LogP contribution in [0, 0.1) is 23.7 Å². The fourth-order valence-electron chi connectivity index (χ4n) is 3.52. The first kappa shape index (κ1) is 8.59. The second kappa shape index (κ2) is 3.05. The maximum absolute atomic E-state index is 2.52. The zero-order valence-corrected chi connectivity index (χ0v) is 8.47. The molecule has 0 aromatic rings. The first-order valence-electron chi connectivity index (χ1n) is 5.54. The lowest BCUT2D eigenvalue weighted by Crippen LogP contribution is -2.38. The molecular weight excluding hydrogens is 144 g/mol. The van der Waals surface area contributed by atoms with Crippen molar-refractivity contribution in [2.45, 2.75) is 52.4 Å². The summed E-state index contributed by atoms with van der Waals surface area (Å²) in [6.45, 7) is 4.98. The minimum atomic E-state index is 0.690. The summed E-state index contributed by atoms with van der Waals surface area (Å²) in [4.78, 5) is 0. The molecule has 0 aliphatic heterocycles. The van der Waals surface area contributed by atoms with Gasteiger partial charge in [0.15, 0.2) is 0 Å². The topological polar surface area (TPSA) is 0 Å². The van der Waals surface area contributed by atoms with Gasteiger partial charge in [0.2, 0.25) is 0 Å². The Labute approximate surface area is 76.7 Å². The summed E-state index contributed by atoms with van der Waals surface area (Å²) in [5.74, 6) is 2.04. The molecule has 0 aromatic carbocycles. The average molecular weight is 165 g/mol. The molecule has 1 radical (unpaired) electrons. The molecule has 2 saturated carbocycles. The first-order valence-corrected chi connectivity index (χ1v) is 5.54. The third-order valence-corrected chi connectivity index (χ3v) is 4.28. The van der Waals surface area contributed by atoms with Gasteiger partial charge in [-0.25, -0.2) is 0 Å². The number of rotatable bonds is 0. The van der Waals surface area contributed by atoms with E-state index in [0.717, 1.165) is 11.8 Å². The predicted octanol–water partition coefficient (Wildman–Crippen LogP) is 3.82. The summed E-state index contributed by atoms with van der Waals surface area (Å²) in [6.07, 6.45) is 11.2. The molecule has 69 valence electrons. The highest BCUT2D eigenvalue weighted by Gasteiger charge is 2.41. The Bertz CT molecular complexity index is 157. The normalized spacial score (nSPS) is 48.5. The van der Waals surface area contributed by atoms with E-state index in [4.69, 9.17) is 0 Å². The van der Waals surface area contributed by atoms with E-state index in [1.54, 1.807) is 0 Å². The second-order valence-corrected chi connectivity index (χ2v) is 5.20. The van der Waals surface area contributed by atoms with Crippen molar-refractivity contribution in [2.75, 3.05) is 0 Å². The standard InChI is InChI=1S/C12H21/c1-10-6-5-9-12(2)8-4-3-7-11(10)12/h4,10-11H,3,5-9H2,1-2H3. The van der Waals surface area contributed by atoms with E-state index in [1.807, 2.05) is 0 Å². The van der Waals surface area contributed by atoms with Gasteiger partial charge in [0, 0.05) is 0 Å². The molecule has 0 saturated heterocycles. The molecular formula is C12H21. The third kappa shape index (κ3) is 1.30. The van der Waals surface area contributed by atoms with Gasteiger partial charge in [-0.1, -0.05) is 26.7 Å². The highest BCUT2D eigenvalue weighted by Crippen LogP contribution is 2.51. The van der Waals surface area contributed by atoms with Crippen LogP contribution in [0.15, 0.2) is 0 Å². The van der Waals surface area contributed by atoms with Crippen molar-refractivity contribution in [2.24, 2.45) is 17.3 Å². The van der Waals surface area contributed by atoms with E-state index < -0.39 is 0 Å². The highest BCUT2D eigenvalue weighted by atomic mass is 14.5. The van der Waals surface area contributed by atoms with Gasteiger partial charge in [-0.3, -0.25) is 0 Å². The Morgan fingerprint density at radius 1 is 1.33 bits per heavy atom. The first-order chi connectivity index (χ1) is 5.72. The van der Waals surface area contributed by atoms with E-state index in [-0.39, 0.29) is 0 Å². The molecule has 0 aromatic heterocycles. The van der Waals surface area contributed by atoms with Crippen LogP contribution in [0.2, 0.25) is 0 Å². The van der Waals surface area contributed by atoms with Crippen LogP contribution < -0.4 is 0 Å². The maximum atomic E-state index is 2.52. The number of hydrogen-bond donors (Lipinski definition) is 0. The van der Waals surface area contributed by atoms with E-state index >= 15 is 0 Å². The maximum Gasteiger partial charge on any atom is -0.0292 e. The number of hydrogen-bond acceptors (Lipinski definition) is 0. The van der Waals surface area contributed by atoms with Crippen molar-refractivity contribution in [3.63, 3.8) is 0 Å². The molecule has 12 heavy (non-hydrogen) atoms. The van der Waals surface area contributed by atoms with Crippen LogP contribution in [0.25, 0.3) is 0 Å². The lowest BCUT2D eigenvalue weighted by molar-refractivity contribution is 0.0408. The van der Waals surface area contributed by atoms with E-state index in [1.165, 1.54) is 38.5 Å². The van der Waals surface area contributed by atoms with Crippen molar-refractivity contribution < 1.29 is 0 Å². The molecule has 2 aliphatic rings. The van der Waals surface area contributed by atoms with Crippen molar-refractivity contribution in [3.8, 4) is 0 Å². The molecule has 0 bridgehead atoms. The summed E-state index contributed by atoms with van der Waals surface area (Å²) in [5, 5.41) is 0. The monoisotopic (exact) mass is 165 g/mol. The lowest BCUT2D eigenvalue weighted by Gasteiger charge is -2.48. The predicted molar refractivity (Wildman–Crippen MR) is 52.8 cm³/mol. The second-order valence-electron chi connectivity index (χ2n) is 5.20. The fraction of sp³-hybridized carbons (Fsp3) is 0.917. The van der Waals surface area contributed by atoms with Crippen molar-refractivity contribution in [3.05, 3.63) is 6.42 Å². The van der Waals surface area contributed by atoms with Crippen LogP contribution in [0.4, 0.5) is 0 Å². The molecule has 0 N–H and O–H groups in total. The Kier molecular flexibility index (Phi) is 2.18. The highest BCUT2D eigenvalue weighted by molar-refractivity contribution is 4.96. The molecule has 0 heterocycles. The van der Waals surface area contributed by atoms with Gasteiger partial charge in [0.1, 0.15) is 0 Å². The Hall–Kier alpha value is 0. The van der Waals surface area contributed by atoms with E-state index in [9.17, 15) is 0 Å². The largest absolute Gasteiger partial charge is 0.0622 e. The van der Waals surface area contributed by atoms with Crippen molar-refractivity contribution in [1.29, 1.82) is 0 Å². The molecule has 2 fully saturated rings. The molecule has 0 nitrogen and oxygen atoms in total. The smallest absolute Gasteiger partial charge is 0.0292 e. The van der Waals surface area contributed by atoms with Gasteiger partial charge in [-0.15, -0.1) is 0 Å². The SMILES string of the molecule is CC1CCCC2(C)C[CH]CCC12. The quantitative estimate of drug-likeness (QED) is 0.512. The van der Waals surface area contributed by atoms with Crippen LogP contribution in [0.5, 0.6) is 0 Å². The van der Waals surface area contributed by atoms with Gasteiger partial charge in [-0.2, -0.15) is 0 Å². The van der Waals surface area contributed by atoms with Crippen LogP contribution in [-0.4, -0.2) is 0 Å². The Morgan fingerprint density at radius 2 is 2.17 bits per heavy atom.